The molecule has 8 aromatic carbocycles. The smallest absolute Gasteiger partial charge is 0.214 e. The molecule has 2 aromatic heterocycles. The molecule has 0 aliphatic heterocycles. The van der Waals surface area contributed by atoms with Crippen molar-refractivity contribution in [1.82, 2.24) is 9.13 Å². The molecular formula is C48H29N5. The van der Waals surface area contributed by atoms with Crippen LogP contribution in [0.15, 0.2) is 176 Å². The van der Waals surface area contributed by atoms with Gasteiger partial charge in [0, 0.05) is 44.3 Å². The lowest BCUT2D eigenvalue weighted by Crippen LogP contribution is -2.09. The van der Waals surface area contributed by atoms with Crippen LogP contribution in [-0.2, 0) is 0 Å². The minimum atomic E-state index is 0.414. The van der Waals surface area contributed by atoms with Gasteiger partial charge in [-0.1, -0.05) is 103 Å². The van der Waals surface area contributed by atoms with Crippen molar-refractivity contribution in [3.63, 3.8) is 0 Å². The first-order valence-corrected chi connectivity index (χ1v) is 17.5. The van der Waals surface area contributed by atoms with E-state index in [-0.39, 0.29) is 0 Å². The van der Waals surface area contributed by atoms with Gasteiger partial charge in [-0.25, -0.2) is 4.85 Å². The molecule has 0 bridgehead atoms. The molecule has 0 amide bonds. The van der Waals surface area contributed by atoms with E-state index < -0.39 is 0 Å². The maximum atomic E-state index is 10.8. The summed E-state index contributed by atoms with van der Waals surface area (Å²) >= 11 is 0. The highest BCUT2D eigenvalue weighted by atomic mass is 15.1. The van der Waals surface area contributed by atoms with Gasteiger partial charge >= 0.3 is 0 Å². The molecular weight excluding hydrogens is 647 g/mol. The third-order valence-corrected chi connectivity index (χ3v) is 10.3. The molecule has 0 atom stereocenters. The maximum absolute atomic E-state index is 10.8. The van der Waals surface area contributed by atoms with Gasteiger partial charge in [-0.05, 0) is 83.6 Å². The maximum Gasteiger partial charge on any atom is 0.214 e. The van der Waals surface area contributed by atoms with Crippen molar-refractivity contribution < 1.29 is 0 Å². The Morgan fingerprint density at radius 1 is 0.491 bits per heavy atom. The summed E-state index contributed by atoms with van der Waals surface area (Å²) in [5.74, 6) is 0. The van der Waals surface area contributed by atoms with Gasteiger partial charge < -0.3 is 14.0 Å². The molecule has 10 rings (SSSR count). The summed E-state index contributed by atoms with van der Waals surface area (Å²) in [4.78, 5) is 6.37. The quantitative estimate of drug-likeness (QED) is 0.170. The Morgan fingerprint density at radius 3 is 1.70 bits per heavy atom. The fraction of sp³-hybridized carbons (Fsp3) is 0. The average Bonchev–Trinajstić information content (AvgIpc) is 3.74. The van der Waals surface area contributed by atoms with E-state index in [1.54, 1.807) is 0 Å². The highest BCUT2D eigenvalue weighted by Crippen LogP contribution is 2.44. The van der Waals surface area contributed by atoms with Crippen LogP contribution in [0.3, 0.4) is 0 Å². The topological polar surface area (TPSA) is 41.2 Å². The van der Waals surface area contributed by atoms with E-state index in [0.29, 0.717) is 16.9 Å². The number of nitriles is 1. The van der Waals surface area contributed by atoms with Crippen molar-refractivity contribution in [2.75, 3.05) is 4.90 Å². The van der Waals surface area contributed by atoms with Crippen LogP contribution in [0, 0.1) is 17.9 Å². The molecule has 0 aliphatic rings. The highest BCUT2D eigenvalue weighted by Gasteiger charge is 2.23. The summed E-state index contributed by atoms with van der Waals surface area (Å²) in [7, 11) is 0. The van der Waals surface area contributed by atoms with Crippen molar-refractivity contribution in [3.8, 4) is 17.4 Å². The molecule has 0 saturated heterocycles. The minimum Gasteiger partial charge on any atom is -0.318 e. The summed E-state index contributed by atoms with van der Waals surface area (Å²) in [6.07, 6.45) is 0. The summed E-state index contributed by atoms with van der Waals surface area (Å²) in [5, 5.41) is 17.5. The predicted octanol–water partition coefficient (Wildman–Crippen LogP) is 12.9. The van der Waals surface area contributed by atoms with Gasteiger partial charge in [-0.2, -0.15) is 5.26 Å². The summed E-state index contributed by atoms with van der Waals surface area (Å²) in [5.41, 5.74) is 9.28. The third kappa shape index (κ3) is 4.62. The van der Waals surface area contributed by atoms with Crippen LogP contribution in [0.5, 0.6) is 0 Å². The zero-order chi connectivity index (χ0) is 35.5. The van der Waals surface area contributed by atoms with Crippen molar-refractivity contribution in [2.45, 2.75) is 0 Å². The standard InChI is InChI=1S/C48H29N5/c1-50-42-30-37(28-33(31-49)48(42)53-43-22-12-10-20-39(43)40-21-11-13-23-44(40)53)52-45-27-25-36(51(34-15-4-2-5-16-34)35-17-6-3-7-18-35)29-41(45)47-38-19-9-8-14-32(38)24-26-46(47)52/h2-30H. The third-order valence-electron chi connectivity index (χ3n) is 10.3. The van der Waals surface area contributed by atoms with Gasteiger partial charge in [0.05, 0.1) is 39.9 Å². The van der Waals surface area contributed by atoms with E-state index in [1.807, 2.05) is 48.5 Å². The highest BCUT2D eigenvalue weighted by molar-refractivity contribution is 6.22. The molecule has 53 heavy (non-hydrogen) atoms. The number of aromatic nitrogens is 2. The first kappa shape index (κ1) is 30.2. The molecule has 5 nitrogen and oxygen atoms in total. The zero-order valence-corrected chi connectivity index (χ0v) is 28.5. The van der Waals surface area contributed by atoms with E-state index in [4.69, 9.17) is 6.57 Å². The number of nitrogens with zero attached hydrogens (tertiary/aromatic N) is 5. The number of hydrogen-bond donors (Lipinski definition) is 0. The van der Waals surface area contributed by atoms with Crippen LogP contribution in [-0.4, -0.2) is 9.13 Å². The Bertz CT molecular complexity index is 3010. The van der Waals surface area contributed by atoms with Crippen LogP contribution >= 0.6 is 0 Å². The van der Waals surface area contributed by atoms with Crippen molar-refractivity contribution in [1.29, 1.82) is 5.26 Å². The number of anilines is 3. The SMILES string of the molecule is [C-]#[N+]c1cc(-n2c3ccc(N(c4ccccc4)c4ccccc4)cc3c3c4ccccc4ccc32)cc(C#N)c1-n1c2ccccc2c2ccccc21. The fourth-order valence-electron chi connectivity index (χ4n) is 8.10. The van der Waals surface area contributed by atoms with Gasteiger partial charge in [0.1, 0.15) is 6.07 Å². The van der Waals surface area contributed by atoms with Gasteiger partial charge in [-0.3, -0.25) is 0 Å². The first-order valence-electron chi connectivity index (χ1n) is 17.5. The average molecular weight is 676 g/mol. The summed E-state index contributed by atoms with van der Waals surface area (Å²) < 4.78 is 4.29. The lowest BCUT2D eigenvalue weighted by molar-refractivity contribution is 1.14. The Morgan fingerprint density at radius 2 is 1.06 bits per heavy atom. The second-order valence-electron chi connectivity index (χ2n) is 13.2. The summed E-state index contributed by atoms with van der Waals surface area (Å²) in [6.45, 7) is 8.46. The molecule has 246 valence electrons. The molecule has 5 heteroatoms. The molecule has 10 aromatic rings. The number of fused-ring (bicyclic) bond motifs is 8. The van der Waals surface area contributed by atoms with Crippen molar-refractivity contribution in [2.24, 2.45) is 0 Å². The van der Waals surface area contributed by atoms with Crippen LogP contribution in [0.2, 0.25) is 0 Å². The van der Waals surface area contributed by atoms with Crippen LogP contribution in [0.25, 0.3) is 70.6 Å². The van der Waals surface area contributed by atoms with E-state index >= 15 is 0 Å². The lowest BCUT2D eigenvalue weighted by Gasteiger charge is -2.25. The molecule has 2 heterocycles. The molecule has 0 N–H and O–H groups in total. The monoisotopic (exact) mass is 675 g/mol. The normalized spacial score (nSPS) is 11.4. The Hall–Kier alpha value is -7.60. The van der Waals surface area contributed by atoms with E-state index in [9.17, 15) is 5.26 Å². The van der Waals surface area contributed by atoms with E-state index in [0.717, 1.165) is 77.1 Å². The minimum absolute atomic E-state index is 0.414. The molecule has 0 fully saturated rings. The zero-order valence-electron chi connectivity index (χ0n) is 28.5. The molecule has 0 radical (unpaired) electrons. The number of rotatable bonds is 5. The van der Waals surface area contributed by atoms with Gasteiger partial charge in [0.15, 0.2) is 0 Å². The molecule has 0 saturated carbocycles. The molecule has 0 aliphatic carbocycles. The molecule has 0 spiro atoms. The summed E-state index contributed by atoms with van der Waals surface area (Å²) in [6, 6.07) is 63.0. The van der Waals surface area contributed by atoms with Crippen LogP contribution in [0.1, 0.15) is 5.56 Å². The van der Waals surface area contributed by atoms with Crippen molar-refractivity contribution >= 4 is 77.1 Å². The van der Waals surface area contributed by atoms with Crippen LogP contribution < -0.4 is 4.90 Å². The predicted molar refractivity (Wildman–Crippen MR) is 218 cm³/mol. The van der Waals surface area contributed by atoms with Crippen LogP contribution in [0.4, 0.5) is 22.7 Å². The Kier molecular flexibility index (Phi) is 6.86. The Balaban J connectivity index is 1.27. The molecule has 0 unspecified atom stereocenters. The van der Waals surface area contributed by atoms with E-state index in [2.05, 4.69) is 152 Å². The van der Waals surface area contributed by atoms with Crippen molar-refractivity contribution in [3.05, 3.63) is 193 Å². The largest absolute Gasteiger partial charge is 0.318 e. The second kappa shape index (κ2) is 12.0. The van der Waals surface area contributed by atoms with E-state index in [1.165, 1.54) is 0 Å². The number of hydrogen-bond acceptors (Lipinski definition) is 2. The first-order chi connectivity index (χ1) is 26.2. The fourth-order valence-corrected chi connectivity index (χ4v) is 8.10. The number of benzene rings is 8. The number of para-hydroxylation sites is 4. The van der Waals surface area contributed by atoms with Gasteiger partial charge in [0.25, 0.3) is 0 Å². The Labute approximate surface area is 305 Å². The van der Waals surface area contributed by atoms with Gasteiger partial charge in [0.2, 0.25) is 5.69 Å². The van der Waals surface area contributed by atoms with Gasteiger partial charge in [-0.15, -0.1) is 0 Å². The lowest BCUT2D eigenvalue weighted by atomic mass is 10.0. The second-order valence-corrected chi connectivity index (χ2v) is 13.2.